The van der Waals surface area contributed by atoms with Gasteiger partial charge in [-0.1, -0.05) is 0 Å². The van der Waals surface area contributed by atoms with Crippen molar-refractivity contribution in [3.63, 3.8) is 0 Å². The lowest BCUT2D eigenvalue weighted by molar-refractivity contribution is 0.0650. The lowest BCUT2D eigenvalue weighted by Gasteiger charge is -2.33. The largest absolute Gasteiger partial charge is 0.332 e. The molecule has 1 saturated heterocycles. The summed E-state index contributed by atoms with van der Waals surface area (Å²) in [5, 5.41) is 3.52. The van der Waals surface area contributed by atoms with Gasteiger partial charge in [0.25, 0.3) is 11.5 Å². The zero-order chi connectivity index (χ0) is 15.9. The van der Waals surface area contributed by atoms with Crippen LogP contribution in [-0.2, 0) is 0 Å². The summed E-state index contributed by atoms with van der Waals surface area (Å²) in [6.07, 6.45) is 0. The summed E-state index contributed by atoms with van der Waals surface area (Å²) >= 11 is 0. The van der Waals surface area contributed by atoms with E-state index >= 15 is 0 Å². The second-order valence-corrected chi connectivity index (χ2v) is 5.51. The Bertz CT molecular complexity index is 854. The van der Waals surface area contributed by atoms with Crippen molar-refractivity contribution in [1.82, 2.24) is 25.2 Å². The molecule has 1 fully saturated rings. The summed E-state index contributed by atoms with van der Waals surface area (Å²) in [6, 6.07) is 1.66. The number of aryl methyl sites for hydroxylation is 1. The van der Waals surface area contributed by atoms with E-state index in [0.29, 0.717) is 17.5 Å². The molecule has 2 aromatic heterocycles. The molecule has 3 rings (SSSR count). The third-order valence-corrected chi connectivity index (χ3v) is 3.88. The molecule has 1 aliphatic heterocycles. The van der Waals surface area contributed by atoms with Gasteiger partial charge in [-0.2, -0.15) is 0 Å². The molecular formula is C14H17N5O3. The Hall–Kier alpha value is -2.48. The van der Waals surface area contributed by atoms with Crippen LogP contribution in [0, 0.1) is 6.92 Å². The minimum atomic E-state index is -0.635. The number of carbonyl (C=O) groups is 1. The van der Waals surface area contributed by atoms with Gasteiger partial charge in [-0.05, 0) is 25.5 Å². The van der Waals surface area contributed by atoms with Crippen LogP contribution >= 0.6 is 0 Å². The first-order valence-corrected chi connectivity index (χ1v) is 7.13. The van der Waals surface area contributed by atoms with Crippen LogP contribution in [0.5, 0.6) is 0 Å². The first-order chi connectivity index (χ1) is 10.5. The smallest absolute Gasteiger partial charge is 0.327 e. The molecule has 1 aliphatic rings. The predicted molar refractivity (Wildman–Crippen MR) is 81.1 cm³/mol. The van der Waals surface area contributed by atoms with E-state index in [0.717, 1.165) is 13.1 Å². The van der Waals surface area contributed by atoms with Gasteiger partial charge < -0.3 is 10.2 Å². The number of pyridine rings is 1. The molecular weight excluding hydrogens is 286 g/mol. The number of rotatable bonds is 1. The van der Waals surface area contributed by atoms with Crippen LogP contribution in [0.3, 0.4) is 0 Å². The van der Waals surface area contributed by atoms with Gasteiger partial charge in [-0.15, -0.1) is 0 Å². The van der Waals surface area contributed by atoms with Crippen LogP contribution in [0.1, 0.15) is 23.0 Å². The van der Waals surface area contributed by atoms with Crippen molar-refractivity contribution in [2.75, 3.05) is 19.6 Å². The van der Waals surface area contributed by atoms with Gasteiger partial charge in [0.1, 0.15) is 11.3 Å². The Kier molecular flexibility index (Phi) is 3.53. The summed E-state index contributed by atoms with van der Waals surface area (Å²) in [5.74, 6) is -0.194. The van der Waals surface area contributed by atoms with Gasteiger partial charge in [0.05, 0.1) is 5.39 Å². The Balaban J connectivity index is 2.10. The zero-order valence-electron chi connectivity index (χ0n) is 12.4. The van der Waals surface area contributed by atoms with E-state index in [1.165, 1.54) is 0 Å². The van der Waals surface area contributed by atoms with Crippen molar-refractivity contribution in [1.29, 1.82) is 0 Å². The van der Waals surface area contributed by atoms with Gasteiger partial charge >= 0.3 is 5.69 Å². The monoisotopic (exact) mass is 303 g/mol. The second kappa shape index (κ2) is 5.38. The van der Waals surface area contributed by atoms with E-state index < -0.39 is 11.2 Å². The Morgan fingerprint density at radius 1 is 1.36 bits per heavy atom. The molecule has 116 valence electrons. The summed E-state index contributed by atoms with van der Waals surface area (Å²) in [4.78, 5) is 46.4. The summed E-state index contributed by atoms with van der Waals surface area (Å²) < 4.78 is 0. The quantitative estimate of drug-likeness (QED) is 0.648. The average molecular weight is 303 g/mol. The maximum absolute atomic E-state index is 12.6. The molecule has 1 atom stereocenters. The third-order valence-electron chi connectivity index (χ3n) is 3.88. The number of piperazine rings is 1. The van der Waals surface area contributed by atoms with Gasteiger partial charge in [-0.25, -0.2) is 9.78 Å². The van der Waals surface area contributed by atoms with E-state index in [9.17, 15) is 14.4 Å². The number of hydrogen-bond donors (Lipinski definition) is 3. The van der Waals surface area contributed by atoms with Crippen molar-refractivity contribution < 1.29 is 4.79 Å². The number of carbonyl (C=O) groups excluding carboxylic acids is 1. The number of hydrogen-bond acceptors (Lipinski definition) is 5. The highest BCUT2D eigenvalue weighted by molar-refractivity contribution is 5.95. The standard InChI is InChI=1S/C14H17N5O3/c1-7-5-9(13(21)19-4-3-15-6-8(19)2)16-11-10(7)12(20)18-14(22)17-11/h5,8,15H,3-4,6H2,1-2H3,(H2,16,17,18,20,22). The minimum absolute atomic E-state index is 0.0669. The molecule has 8 nitrogen and oxygen atoms in total. The number of nitrogens with zero attached hydrogens (tertiary/aromatic N) is 2. The van der Waals surface area contributed by atoms with E-state index in [4.69, 9.17) is 0 Å². The highest BCUT2D eigenvalue weighted by Crippen LogP contribution is 2.14. The topological polar surface area (TPSA) is 111 Å². The third kappa shape index (κ3) is 2.41. The van der Waals surface area contributed by atoms with Crippen LogP contribution in [-0.4, -0.2) is 51.4 Å². The SMILES string of the molecule is Cc1cc(C(=O)N2CCNCC2C)nc2[nH]c(=O)[nH]c(=O)c12. The lowest BCUT2D eigenvalue weighted by Crippen LogP contribution is -2.52. The van der Waals surface area contributed by atoms with Crippen molar-refractivity contribution >= 4 is 16.9 Å². The van der Waals surface area contributed by atoms with Crippen LogP contribution in [0.4, 0.5) is 0 Å². The van der Waals surface area contributed by atoms with E-state index in [1.807, 2.05) is 6.92 Å². The Morgan fingerprint density at radius 2 is 2.14 bits per heavy atom. The number of fused-ring (bicyclic) bond motifs is 1. The number of nitrogens with one attached hydrogen (secondary N) is 3. The molecule has 2 aromatic rings. The van der Waals surface area contributed by atoms with Crippen molar-refractivity contribution in [3.8, 4) is 0 Å². The first-order valence-electron chi connectivity index (χ1n) is 7.13. The molecule has 3 N–H and O–H groups in total. The van der Waals surface area contributed by atoms with Crippen LogP contribution < -0.4 is 16.6 Å². The fourth-order valence-corrected chi connectivity index (χ4v) is 2.75. The molecule has 1 unspecified atom stereocenters. The number of H-pyrrole nitrogens is 2. The Labute approximate surface area is 125 Å². The summed E-state index contributed by atoms with van der Waals surface area (Å²) in [6.45, 7) is 5.75. The fourth-order valence-electron chi connectivity index (χ4n) is 2.75. The number of aromatic amines is 2. The number of aromatic nitrogens is 3. The average Bonchev–Trinajstić information content (AvgIpc) is 2.45. The molecule has 0 aliphatic carbocycles. The first kappa shape index (κ1) is 14.5. The number of amides is 1. The maximum atomic E-state index is 12.6. The Morgan fingerprint density at radius 3 is 2.86 bits per heavy atom. The van der Waals surface area contributed by atoms with Gasteiger partial charge in [0.15, 0.2) is 0 Å². The molecule has 1 amide bonds. The fraction of sp³-hybridized carbons (Fsp3) is 0.429. The van der Waals surface area contributed by atoms with Crippen LogP contribution in [0.15, 0.2) is 15.7 Å². The molecule has 0 spiro atoms. The minimum Gasteiger partial charge on any atom is -0.332 e. The molecule has 22 heavy (non-hydrogen) atoms. The summed E-state index contributed by atoms with van der Waals surface area (Å²) in [7, 11) is 0. The zero-order valence-corrected chi connectivity index (χ0v) is 12.4. The van der Waals surface area contributed by atoms with Crippen LogP contribution in [0.25, 0.3) is 11.0 Å². The predicted octanol–water partition coefficient (Wildman–Crippen LogP) is -0.646. The lowest BCUT2D eigenvalue weighted by atomic mass is 10.1. The van der Waals surface area contributed by atoms with Crippen molar-refractivity contribution in [3.05, 3.63) is 38.2 Å². The molecule has 0 aromatic carbocycles. The van der Waals surface area contributed by atoms with E-state index in [2.05, 4.69) is 20.3 Å². The second-order valence-electron chi connectivity index (χ2n) is 5.51. The summed E-state index contributed by atoms with van der Waals surface area (Å²) in [5.41, 5.74) is -0.156. The van der Waals surface area contributed by atoms with Gasteiger partial charge in [0.2, 0.25) is 0 Å². The molecule has 0 radical (unpaired) electrons. The van der Waals surface area contributed by atoms with Crippen molar-refractivity contribution in [2.45, 2.75) is 19.9 Å². The molecule has 3 heterocycles. The van der Waals surface area contributed by atoms with E-state index in [-0.39, 0.29) is 23.3 Å². The normalized spacial score (nSPS) is 18.6. The van der Waals surface area contributed by atoms with Gasteiger partial charge in [-0.3, -0.25) is 19.6 Å². The maximum Gasteiger partial charge on any atom is 0.327 e. The van der Waals surface area contributed by atoms with E-state index in [1.54, 1.807) is 17.9 Å². The highest BCUT2D eigenvalue weighted by atomic mass is 16.2. The molecule has 0 saturated carbocycles. The van der Waals surface area contributed by atoms with Crippen LogP contribution in [0.2, 0.25) is 0 Å². The highest BCUT2D eigenvalue weighted by Gasteiger charge is 2.25. The molecule has 8 heteroatoms. The van der Waals surface area contributed by atoms with Gasteiger partial charge in [0, 0.05) is 25.7 Å². The van der Waals surface area contributed by atoms with Crippen molar-refractivity contribution in [2.24, 2.45) is 0 Å². The molecule has 0 bridgehead atoms.